The van der Waals surface area contributed by atoms with Gasteiger partial charge in [0.2, 0.25) is 0 Å². The zero-order valence-electron chi connectivity index (χ0n) is 12.2. The quantitative estimate of drug-likeness (QED) is 0.867. The van der Waals surface area contributed by atoms with Crippen LogP contribution in [0, 0.1) is 13.8 Å². The van der Waals surface area contributed by atoms with Gasteiger partial charge in [0.1, 0.15) is 5.76 Å². The molecule has 0 spiro atoms. The Morgan fingerprint density at radius 2 is 2.21 bits per heavy atom. The summed E-state index contributed by atoms with van der Waals surface area (Å²) in [5.74, 6) is 0.904. The Bertz CT molecular complexity index is 508. The van der Waals surface area contributed by atoms with Crippen molar-refractivity contribution in [2.75, 3.05) is 0 Å². The lowest BCUT2D eigenvalue weighted by atomic mass is 10.1. The van der Waals surface area contributed by atoms with Gasteiger partial charge in [-0.15, -0.1) is 0 Å². The van der Waals surface area contributed by atoms with Crippen LogP contribution in [-0.4, -0.2) is 9.72 Å². The Hall–Kier alpha value is -1.55. The summed E-state index contributed by atoms with van der Waals surface area (Å²) in [5, 5.41) is 7.56. The van der Waals surface area contributed by atoms with Crippen molar-refractivity contribution in [3.8, 4) is 0 Å². The maximum atomic E-state index is 5.22. The molecule has 2 heterocycles. The van der Waals surface area contributed by atoms with Crippen molar-refractivity contribution < 1.29 is 4.52 Å². The second kappa shape index (κ2) is 6.06. The highest BCUT2D eigenvalue weighted by atomic mass is 16.5. The SMILES string of the molecule is CCCn1cccc1CNC(C)c1c(C)noc1C. The third-order valence-corrected chi connectivity index (χ3v) is 3.50. The summed E-state index contributed by atoms with van der Waals surface area (Å²) in [5.41, 5.74) is 3.47. The zero-order chi connectivity index (χ0) is 13.8. The Labute approximate surface area is 114 Å². The molecule has 0 fully saturated rings. The van der Waals surface area contributed by atoms with Gasteiger partial charge in [-0.25, -0.2) is 0 Å². The first kappa shape index (κ1) is 13.9. The topological polar surface area (TPSA) is 43.0 Å². The normalized spacial score (nSPS) is 12.8. The van der Waals surface area contributed by atoms with Gasteiger partial charge in [0, 0.05) is 36.6 Å². The zero-order valence-corrected chi connectivity index (χ0v) is 12.2. The molecule has 1 unspecified atom stereocenters. The molecule has 0 aliphatic carbocycles. The summed E-state index contributed by atoms with van der Waals surface area (Å²) in [6.07, 6.45) is 3.29. The molecule has 0 aromatic carbocycles. The molecule has 0 saturated carbocycles. The molecule has 104 valence electrons. The lowest BCUT2D eigenvalue weighted by Crippen LogP contribution is -2.20. The Morgan fingerprint density at radius 1 is 1.42 bits per heavy atom. The molecule has 1 atom stereocenters. The van der Waals surface area contributed by atoms with Crippen LogP contribution in [0.5, 0.6) is 0 Å². The van der Waals surface area contributed by atoms with Gasteiger partial charge in [-0.3, -0.25) is 0 Å². The van der Waals surface area contributed by atoms with Crippen LogP contribution in [0.4, 0.5) is 0 Å². The fraction of sp³-hybridized carbons (Fsp3) is 0.533. The van der Waals surface area contributed by atoms with E-state index in [0.717, 1.165) is 31.0 Å². The molecule has 19 heavy (non-hydrogen) atoms. The number of nitrogens with one attached hydrogen (secondary N) is 1. The van der Waals surface area contributed by atoms with E-state index in [1.54, 1.807) is 0 Å². The molecule has 4 nitrogen and oxygen atoms in total. The molecule has 2 rings (SSSR count). The van der Waals surface area contributed by atoms with E-state index in [4.69, 9.17) is 4.52 Å². The van der Waals surface area contributed by atoms with Crippen LogP contribution in [0.3, 0.4) is 0 Å². The smallest absolute Gasteiger partial charge is 0.138 e. The van der Waals surface area contributed by atoms with E-state index < -0.39 is 0 Å². The van der Waals surface area contributed by atoms with Gasteiger partial charge in [-0.2, -0.15) is 0 Å². The number of nitrogens with zero attached hydrogens (tertiary/aromatic N) is 2. The maximum Gasteiger partial charge on any atom is 0.138 e. The first-order valence-electron chi connectivity index (χ1n) is 6.93. The fourth-order valence-electron chi connectivity index (χ4n) is 2.54. The fourth-order valence-corrected chi connectivity index (χ4v) is 2.54. The monoisotopic (exact) mass is 261 g/mol. The van der Waals surface area contributed by atoms with E-state index in [9.17, 15) is 0 Å². The molecule has 0 radical (unpaired) electrons. The van der Waals surface area contributed by atoms with Crippen molar-refractivity contribution in [1.82, 2.24) is 15.0 Å². The van der Waals surface area contributed by atoms with Crippen molar-refractivity contribution in [2.45, 2.75) is 53.2 Å². The minimum Gasteiger partial charge on any atom is -0.361 e. The summed E-state index contributed by atoms with van der Waals surface area (Å²) in [4.78, 5) is 0. The minimum atomic E-state index is 0.247. The summed E-state index contributed by atoms with van der Waals surface area (Å²) >= 11 is 0. The van der Waals surface area contributed by atoms with Crippen molar-refractivity contribution in [1.29, 1.82) is 0 Å². The summed E-state index contributed by atoms with van der Waals surface area (Å²) < 4.78 is 7.52. The number of hydrogen-bond acceptors (Lipinski definition) is 3. The van der Waals surface area contributed by atoms with E-state index in [1.807, 2.05) is 13.8 Å². The van der Waals surface area contributed by atoms with Gasteiger partial charge in [0.05, 0.1) is 5.69 Å². The predicted molar refractivity (Wildman–Crippen MR) is 76.0 cm³/mol. The van der Waals surface area contributed by atoms with Gasteiger partial charge in [-0.1, -0.05) is 12.1 Å². The summed E-state index contributed by atoms with van der Waals surface area (Å²) in [6, 6.07) is 4.52. The average Bonchev–Trinajstić information content (AvgIpc) is 2.94. The van der Waals surface area contributed by atoms with Crippen molar-refractivity contribution >= 4 is 0 Å². The van der Waals surface area contributed by atoms with Crippen LogP contribution in [0.15, 0.2) is 22.9 Å². The van der Waals surface area contributed by atoms with E-state index in [-0.39, 0.29) is 6.04 Å². The van der Waals surface area contributed by atoms with Gasteiger partial charge < -0.3 is 14.4 Å². The van der Waals surface area contributed by atoms with Gasteiger partial charge in [0.15, 0.2) is 0 Å². The molecule has 1 N–H and O–H groups in total. The predicted octanol–water partition coefficient (Wildman–Crippen LogP) is 3.35. The van der Waals surface area contributed by atoms with Crippen LogP contribution in [0.2, 0.25) is 0 Å². The third kappa shape index (κ3) is 3.07. The molecular weight excluding hydrogens is 238 g/mol. The number of hydrogen-bond donors (Lipinski definition) is 1. The summed E-state index contributed by atoms with van der Waals surface area (Å²) in [7, 11) is 0. The Balaban J connectivity index is 2.00. The Kier molecular flexibility index (Phi) is 4.43. The van der Waals surface area contributed by atoms with E-state index in [2.05, 4.69) is 47.2 Å². The van der Waals surface area contributed by atoms with Gasteiger partial charge in [-0.05, 0) is 39.3 Å². The van der Waals surface area contributed by atoms with Crippen molar-refractivity contribution in [3.05, 3.63) is 41.0 Å². The van der Waals surface area contributed by atoms with Crippen LogP contribution >= 0.6 is 0 Å². The van der Waals surface area contributed by atoms with Crippen molar-refractivity contribution in [2.24, 2.45) is 0 Å². The van der Waals surface area contributed by atoms with Gasteiger partial charge in [0.25, 0.3) is 0 Å². The number of rotatable bonds is 6. The van der Waals surface area contributed by atoms with Crippen molar-refractivity contribution in [3.63, 3.8) is 0 Å². The molecule has 2 aromatic heterocycles. The van der Waals surface area contributed by atoms with E-state index in [1.165, 1.54) is 11.3 Å². The molecule has 0 saturated heterocycles. The third-order valence-electron chi connectivity index (χ3n) is 3.50. The highest BCUT2D eigenvalue weighted by molar-refractivity contribution is 5.24. The largest absolute Gasteiger partial charge is 0.361 e. The van der Waals surface area contributed by atoms with Crippen LogP contribution < -0.4 is 5.32 Å². The van der Waals surface area contributed by atoms with Gasteiger partial charge >= 0.3 is 0 Å². The molecular formula is C15H23N3O. The highest BCUT2D eigenvalue weighted by Gasteiger charge is 2.16. The van der Waals surface area contributed by atoms with E-state index >= 15 is 0 Å². The number of aryl methyl sites for hydroxylation is 3. The molecule has 4 heteroatoms. The Morgan fingerprint density at radius 3 is 2.84 bits per heavy atom. The lowest BCUT2D eigenvalue weighted by Gasteiger charge is -2.15. The molecule has 0 aliphatic heterocycles. The standard InChI is InChI=1S/C15H23N3O/c1-5-8-18-9-6-7-14(18)10-16-11(2)15-12(3)17-19-13(15)4/h6-7,9,11,16H,5,8,10H2,1-4H3. The molecule has 2 aromatic rings. The lowest BCUT2D eigenvalue weighted by molar-refractivity contribution is 0.390. The van der Waals surface area contributed by atoms with Crippen LogP contribution in [-0.2, 0) is 13.1 Å². The maximum absolute atomic E-state index is 5.22. The van der Waals surface area contributed by atoms with Crippen LogP contribution in [0.25, 0.3) is 0 Å². The second-order valence-electron chi connectivity index (χ2n) is 5.03. The first-order chi connectivity index (χ1) is 9.13. The minimum absolute atomic E-state index is 0.247. The van der Waals surface area contributed by atoms with E-state index in [0.29, 0.717) is 0 Å². The molecule has 0 aliphatic rings. The van der Waals surface area contributed by atoms with Crippen LogP contribution in [0.1, 0.15) is 49.0 Å². The molecule has 0 bridgehead atoms. The average molecular weight is 261 g/mol. The second-order valence-corrected chi connectivity index (χ2v) is 5.03. The first-order valence-corrected chi connectivity index (χ1v) is 6.93. The summed E-state index contributed by atoms with van der Waals surface area (Å²) in [6.45, 7) is 10.2. The molecule has 0 amide bonds. The highest BCUT2D eigenvalue weighted by Crippen LogP contribution is 2.21. The number of aromatic nitrogens is 2.